The summed E-state index contributed by atoms with van der Waals surface area (Å²) in [4.78, 5) is 26.6. The summed E-state index contributed by atoms with van der Waals surface area (Å²) in [5, 5.41) is 0. The number of esters is 1. The standard InChI is InChI=1S/C12H10F2N2O3/c1-19-12(18)8-4-7(5-9(17)10(13)14)11-15-2-3-16(11)6-8/h2-4,6,10H,5H2,1H3. The zero-order valence-corrected chi connectivity index (χ0v) is 9.97. The molecule has 2 aromatic heterocycles. The molecule has 0 aliphatic carbocycles. The lowest BCUT2D eigenvalue weighted by Gasteiger charge is -2.06. The van der Waals surface area contributed by atoms with Crippen LogP contribution in [0.15, 0.2) is 24.7 Å². The van der Waals surface area contributed by atoms with E-state index in [-0.39, 0.29) is 11.1 Å². The van der Waals surface area contributed by atoms with Crippen molar-refractivity contribution in [3.8, 4) is 0 Å². The minimum Gasteiger partial charge on any atom is -0.465 e. The van der Waals surface area contributed by atoms with Crippen molar-refractivity contribution in [2.75, 3.05) is 7.11 Å². The van der Waals surface area contributed by atoms with Crippen molar-refractivity contribution in [2.45, 2.75) is 12.8 Å². The summed E-state index contributed by atoms with van der Waals surface area (Å²) in [7, 11) is 1.21. The number of nitrogens with zero attached hydrogens (tertiary/aromatic N) is 2. The summed E-state index contributed by atoms with van der Waals surface area (Å²) < 4.78 is 30.6. The average Bonchev–Trinajstić information content (AvgIpc) is 2.85. The Morgan fingerprint density at radius 1 is 1.47 bits per heavy atom. The van der Waals surface area contributed by atoms with E-state index in [9.17, 15) is 18.4 Å². The second kappa shape index (κ2) is 5.13. The number of imidazole rings is 1. The summed E-state index contributed by atoms with van der Waals surface area (Å²) in [6.45, 7) is 0. The van der Waals surface area contributed by atoms with E-state index in [1.54, 1.807) is 6.20 Å². The Labute approximate surface area is 106 Å². The van der Waals surface area contributed by atoms with Crippen molar-refractivity contribution < 1.29 is 23.1 Å². The number of fused-ring (bicyclic) bond motifs is 1. The van der Waals surface area contributed by atoms with Crippen LogP contribution < -0.4 is 0 Å². The van der Waals surface area contributed by atoms with Gasteiger partial charge in [0.15, 0.2) is 0 Å². The molecule has 0 atom stereocenters. The van der Waals surface area contributed by atoms with Crippen LogP contribution in [-0.2, 0) is 16.0 Å². The molecular formula is C12H10F2N2O3. The van der Waals surface area contributed by atoms with Gasteiger partial charge in [-0.05, 0) is 6.07 Å². The van der Waals surface area contributed by atoms with Crippen LogP contribution in [0, 0.1) is 0 Å². The van der Waals surface area contributed by atoms with Crippen LogP contribution in [0.3, 0.4) is 0 Å². The maximum atomic E-state index is 12.3. The highest BCUT2D eigenvalue weighted by atomic mass is 19.3. The molecule has 0 radical (unpaired) electrons. The zero-order chi connectivity index (χ0) is 14.0. The molecule has 0 spiro atoms. The van der Waals surface area contributed by atoms with Crippen LogP contribution >= 0.6 is 0 Å². The predicted octanol–water partition coefficient (Wildman–Crippen LogP) is 1.50. The van der Waals surface area contributed by atoms with Crippen molar-refractivity contribution in [3.63, 3.8) is 0 Å². The minimum absolute atomic E-state index is 0.171. The molecule has 100 valence electrons. The van der Waals surface area contributed by atoms with Crippen LogP contribution in [0.4, 0.5) is 8.78 Å². The third-order valence-electron chi connectivity index (χ3n) is 2.59. The first-order valence-electron chi connectivity index (χ1n) is 5.37. The van der Waals surface area contributed by atoms with Gasteiger partial charge in [0.05, 0.1) is 12.7 Å². The van der Waals surface area contributed by atoms with Gasteiger partial charge >= 0.3 is 5.97 Å². The van der Waals surface area contributed by atoms with E-state index < -0.39 is 24.6 Å². The van der Waals surface area contributed by atoms with Gasteiger partial charge in [0.2, 0.25) is 5.78 Å². The molecular weight excluding hydrogens is 258 g/mol. The number of carbonyl (C=O) groups is 2. The number of aromatic nitrogens is 2. The van der Waals surface area contributed by atoms with Crippen LogP contribution in [0.25, 0.3) is 5.65 Å². The van der Waals surface area contributed by atoms with Crippen molar-refractivity contribution in [1.29, 1.82) is 0 Å². The van der Waals surface area contributed by atoms with Gasteiger partial charge in [0, 0.05) is 30.6 Å². The van der Waals surface area contributed by atoms with Crippen LogP contribution in [-0.4, -0.2) is 34.7 Å². The number of hydrogen-bond donors (Lipinski definition) is 0. The van der Waals surface area contributed by atoms with E-state index in [0.717, 1.165) is 0 Å². The van der Waals surface area contributed by atoms with Gasteiger partial charge in [-0.15, -0.1) is 0 Å². The molecule has 7 heteroatoms. The molecule has 19 heavy (non-hydrogen) atoms. The number of methoxy groups -OCH3 is 1. The largest absolute Gasteiger partial charge is 0.465 e. The summed E-state index contributed by atoms with van der Waals surface area (Å²) >= 11 is 0. The Morgan fingerprint density at radius 3 is 2.84 bits per heavy atom. The topological polar surface area (TPSA) is 60.7 Å². The van der Waals surface area contributed by atoms with Gasteiger partial charge in [-0.2, -0.15) is 0 Å². The molecule has 0 N–H and O–H groups in total. The second-order valence-corrected chi connectivity index (χ2v) is 3.85. The molecule has 0 aromatic carbocycles. The number of alkyl halides is 2. The molecule has 0 fully saturated rings. The summed E-state index contributed by atoms with van der Waals surface area (Å²) in [6.07, 6.45) is 0.940. The second-order valence-electron chi connectivity index (χ2n) is 3.85. The van der Waals surface area contributed by atoms with Gasteiger partial charge in [0.25, 0.3) is 6.43 Å². The Balaban J connectivity index is 2.48. The lowest BCUT2D eigenvalue weighted by atomic mass is 10.1. The fourth-order valence-electron chi connectivity index (χ4n) is 1.73. The van der Waals surface area contributed by atoms with E-state index >= 15 is 0 Å². The number of pyridine rings is 1. The predicted molar refractivity (Wildman–Crippen MR) is 61.2 cm³/mol. The first-order chi connectivity index (χ1) is 9.02. The van der Waals surface area contributed by atoms with Crippen molar-refractivity contribution in [1.82, 2.24) is 9.38 Å². The third kappa shape index (κ3) is 2.59. The number of hydrogen-bond acceptors (Lipinski definition) is 4. The molecule has 0 saturated heterocycles. The Hall–Kier alpha value is -2.31. The summed E-state index contributed by atoms with van der Waals surface area (Å²) in [6, 6.07) is 1.34. The molecule has 0 unspecified atom stereocenters. The maximum absolute atomic E-state index is 12.3. The van der Waals surface area contributed by atoms with E-state index in [2.05, 4.69) is 9.72 Å². The van der Waals surface area contributed by atoms with Gasteiger partial charge in [0.1, 0.15) is 5.65 Å². The molecule has 0 amide bonds. The monoisotopic (exact) mass is 268 g/mol. The molecule has 2 heterocycles. The normalized spacial score (nSPS) is 10.9. The van der Waals surface area contributed by atoms with Crippen molar-refractivity contribution in [3.05, 3.63) is 35.8 Å². The maximum Gasteiger partial charge on any atom is 0.339 e. The lowest BCUT2D eigenvalue weighted by Crippen LogP contribution is -2.14. The van der Waals surface area contributed by atoms with Gasteiger partial charge in [-0.1, -0.05) is 0 Å². The van der Waals surface area contributed by atoms with Gasteiger partial charge < -0.3 is 9.14 Å². The lowest BCUT2D eigenvalue weighted by molar-refractivity contribution is -0.128. The fraction of sp³-hybridized carbons (Fsp3) is 0.250. The Kier molecular flexibility index (Phi) is 3.55. The van der Waals surface area contributed by atoms with Gasteiger partial charge in [-0.3, -0.25) is 4.79 Å². The fourth-order valence-corrected chi connectivity index (χ4v) is 1.73. The smallest absolute Gasteiger partial charge is 0.339 e. The highest BCUT2D eigenvalue weighted by molar-refractivity contribution is 5.91. The Bertz CT molecular complexity index is 637. The van der Waals surface area contributed by atoms with Crippen LogP contribution in [0.1, 0.15) is 15.9 Å². The van der Waals surface area contributed by atoms with Crippen molar-refractivity contribution in [2.24, 2.45) is 0 Å². The molecule has 5 nitrogen and oxygen atoms in total. The number of ether oxygens (including phenoxy) is 1. The number of carbonyl (C=O) groups excluding carboxylic acids is 2. The molecule has 0 aliphatic rings. The number of rotatable bonds is 4. The number of Topliss-reactive ketones (excluding diaryl/α,β-unsaturated/α-hetero) is 1. The van der Waals surface area contributed by atoms with E-state index in [4.69, 9.17) is 0 Å². The molecule has 0 saturated carbocycles. The SMILES string of the molecule is COC(=O)c1cc(CC(=O)C(F)F)c2nccn2c1. The first kappa shape index (κ1) is 13.1. The number of ketones is 1. The quantitative estimate of drug-likeness (QED) is 0.788. The van der Waals surface area contributed by atoms with Crippen LogP contribution in [0.2, 0.25) is 0 Å². The molecule has 0 bridgehead atoms. The first-order valence-corrected chi connectivity index (χ1v) is 5.37. The molecule has 0 aliphatic heterocycles. The Morgan fingerprint density at radius 2 is 2.21 bits per heavy atom. The van der Waals surface area contributed by atoms with E-state index in [1.165, 1.54) is 30.0 Å². The van der Waals surface area contributed by atoms with Gasteiger partial charge in [-0.25, -0.2) is 18.6 Å². The highest BCUT2D eigenvalue weighted by Crippen LogP contribution is 2.15. The number of halogens is 2. The van der Waals surface area contributed by atoms with Crippen LogP contribution in [0.5, 0.6) is 0 Å². The van der Waals surface area contributed by atoms with E-state index in [1.807, 2.05) is 0 Å². The summed E-state index contributed by atoms with van der Waals surface area (Å²) in [5.74, 6) is -1.83. The average molecular weight is 268 g/mol. The summed E-state index contributed by atoms with van der Waals surface area (Å²) in [5.41, 5.74) is 0.796. The highest BCUT2D eigenvalue weighted by Gasteiger charge is 2.19. The molecule has 2 rings (SSSR count). The minimum atomic E-state index is -3.04. The van der Waals surface area contributed by atoms with E-state index in [0.29, 0.717) is 5.65 Å². The molecule has 2 aromatic rings. The van der Waals surface area contributed by atoms with Crippen molar-refractivity contribution >= 4 is 17.4 Å². The third-order valence-corrected chi connectivity index (χ3v) is 2.59. The zero-order valence-electron chi connectivity index (χ0n) is 9.97.